The van der Waals surface area contributed by atoms with Crippen LogP contribution in [0.4, 0.5) is 5.69 Å². The van der Waals surface area contributed by atoms with E-state index in [4.69, 9.17) is 22.1 Å². The second kappa shape index (κ2) is 10.3. The van der Waals surface area contributed by atoms with Crippen molar-refractivity contribution in [1.82, 2.24) is 10.9 Å². The number of nitrogens with zero attached hydrogens (tertiary/aromatic N) is 2. The van der Waals surface area contributed by atoms with Crippen molar-refractivity contribution in [2.24, 2.45) is 0 Å². The summed E-state index contributed by atoms with van der Waals surface area (Å²) in [7, 11) is 0. The van der Waals surface area contributed by atoms with E-state index in [0.717, 1.165) is 0 Å². The number of hydrogen-bond acceptors (Lipinski definition) is 6. The zero-order valence-electron chi connectivity index (χ0n) is 16.4. The molecule has 154 valence electrons. The zero-order chi connectivity index (χ0) is 22.3. The van der Waals surface area contributed by atoms with Crippen LogP contribution in [-0.4, -0.2) is 29.1 Å². The fraction of sp³-hybridized carbons (Fsp3) is 0.238. The largest absolute Gasteiger partial charge is 0.391 e. The Kier molecular flexibility index (Phi) is 7.76. The van der Waals surface area contributed by atoms with Gasteiger partial charge in [-0.2, -0.15) is 10.5 Å². The van der Waals surface area contributed by atoms with Crippen LogP contribution in [0.3, 0.4) is 0 Å². The standard InChI is InChI=1S/C21H20ClN5O3/c1-3-16-17(9-8-15(11-24)18(16)22)25-19(12(2)28)21(30)27-26-20(29)14-6-4-13(10-23)5-7-14/h4-9,12,19,25,28H,3H2,1-2H3,(H,26,29)(H,27,30)/t12-,19?/m1/s1. The van der Waals surface area contributed by atoms with Crippen molar-refractivity contribution in [2.45, 2.75) is 32.4 Å². The van der Waals surface area contributed by atoms with Crippen LogP contribution in [0.25, 0.3) is 0 Å². The van der Waals surface area contributed by atoms with Gasteiger partial charge in [-0.15, -0.1) is 0 Å². The molecule has 0 spiro atoms. The van der Waals surface area contributed by atoms with Crippen LogP contribution in [0.5, 0.6) is 0 Å². The van der Waals surface area contributed by atoms with Gasteiger partial charge in [0.15, 0.2) is 0 Å². The first-order valence-corrected chi connectivity index (χ1v) is 9.46. The Labute approximate surface area is 179 Å². The van der Waals surface area contributed by atoms with Crippen molar-refractivity contribution >= 4 is 29.1 Å². The average Bonchev–Trinajstić information content (AvgIpc) is 2.75. The fourth-order valence-electron chi connectivity index (χ4n) is 2.73. The summed E-state index contributed by atoms with van der Waals surface area (Å²) in [5.74, 6) is -1.25. The number of amides is 2. The molecule has 1 unspecified atom stereocenters. The average molecular weight is 426 g/mol. The van der Waals surface area contributed by atoms with Crippen LogP contribution < -0.4 is 16.2 Å². The van der Waals surface area contributed by atoms with Gasteiger partial charge in [0.25, 0.3) is 11.8 Å². The Hall–Kier alpha value is -3.59. The third-order valence-corrected chi connectivity index (χ3v) is 4.80. The van der Waals surface area contributed by atoms with Gasteiger partial charge in [0.1, 0.15) is 12.1 Å². The lowest BCUT2D eigenvalue weighted by molar-refractivity contribution is -0.124. The Balaban J connectivity index is 2.12. The van der Waals surface area contributed by atoms with Crippen LogP contribution in [0.15, 0.2) is 36.4 Å². The van der Waals surface area contributed by atoms with Crippen LogP contribution in [0.2, 0.25) is 5.02 Å². The molecular weight excluding hydrogens is 406 g/mol. The Bertz CT molecular complexity index is 1020. The van der Waals surface area contributed by atoms with E-state index in [2.05, 4.69) is 16.2 Å². The molecule has 0 saturated heterocycles. The number of aliphatic hydroxyl groups excluding tert-OH is 1. The monoisotopic (exact) mass is 425 g/mol. The molecule has 0 bridgehead atoms. The molecule has 0 radical (unpaired) electrons. The molecule has 0 saturated carbocycles. The molecule has 30 heavy (non-hydrogen) atoms. The fourth-order valence-corrected chi connectivity index (χ4v) is 3.07. The lowest BCUT2D eigenvalue weighted by Crippen LogP contribution is -2.52. The maximum Gasteiger partial charge on any atom is 0.269 e. The highest BCUT2D eigenvalue weighted by atomic mass is 35.5. The SMILES string of the molecule is CCc1c(NC(C(=O)NNC(=O)c2ccc(C#N)cc2)[C@@H](C)O)ccc(C#N)c1Cl. The molecule has 2 aromatic rings. The molecule has 0 aliphatic rings. The molecule has 8 nitrogen and oxygen atoms in total. The number of carbonyl (C=O) groups excluding carboxylic acids is 2. The van der Waals surface area contributed by atoms with Gasteiger partial charge in [0.2, 0.25) is 0 Å². The Morgan fingerprint density at radius 2 is 1.77 bits per heavy atom. The van der Waals surface area contributed by atoms with Gasteiger partial charge in [-0.05, 0) is 55.3 Å². The van der Waals surface area contributed by atoms with Crippen molar-refractivity contribution < 1.29 is 14.7 Å². The molecule has 9 heteroatoms. The number of nitrogens with one attached hydrogen (secondary N) is 3. The molecule has 0 heterocycles. The second-order valence-corrected chi connectivity index (χ2v) is 6.79. The predicted molar refractivity (Wildman–Crippen MR) is 111 cm³/mol. The summed E-state index contributed by atoms with van der Waals surface area (Å²) in [6.07, 6.45) is -0.601. The van der Waals surface area contributed by atoms with Crippen LogP contribution in [-0.2, 0) is 11.2 Å². The number of hydrazine groups is 1. The third-order valence-electron chi connectivity index (χ3n) is 4.37. The zero-order valence-corrected chi connectivity index (χ0v) is 17.1. The highest BCUT2D eigenvalue weighted by Gasteiger charge is 2.25. The van der Waals surface area contributed by atoms with E-state index >= 15 is 0 Å². The summed E-state index contributed by atoms with van der Waals surface area (Å²) in [4.78, 5) is 24.7. The van der Waals surface area contributed by atoms with E-state index in [9.17, 15) is 14.7 Å². The summed E-state index contributed by atoms with van der Waals surface area (Å²) >= 11 is 6.25. The first kappa shape index (κ1) is 22.7. The molecule has 4 N–H and O–H groups in total. The molecule has 0 aliphatic heterocycles. The highest BCUT2D eigenvalue weighted by Crippen LogP contribution is 2.29. The number of nitriles is 2. The normalized spacial score (nSPS) is 12.1. The highest BCUT2D eigenvalue weighted by molar-refractivity contribution is 6.33. The van der Waals surface area contributed by atoms with Gasteiger partial charge in [0.05, 0.1) is 28.3 Å². The number of halogens is 1. The van der Waals surface area contributed by atoms with Gasteiger partial charge in [-0.3, -0.25) is 20.4 Å². The van der Waals surface area contributed by atoms with E-state index in [0.29, 0.717) is 28.8 Å². The predicted octanol–water partition coefficient (Wildman–Crippen LogP) is 2.27. The first-order chi connectivity index (χ1) is 14.3. The molecule has 0 aromatic heterocycles. The first-order valence-electron chi connectivity index (χ1n) is 9.08. The van der Waals surface area contributed by atoms with Crippen molar-refractivity contribution in [2.75, 3.05) is 5.32 Å². The van der Waals surface area contributed by atoms with Crippen molar-refractivity contribution in [3.05, 3.63) is 63.7 Å². The summed E-state index contributed by atoms with van der Waals surface area (Å²) in [6, 6.07) is 11.9. The smallest absolute Gasteiger partial charge is 0.269 e. The van der Waals surface area contributed by atoms with Crippen LogP contribution in [0.1, 0.15) is 40.9 Å². The van der Waals surface area contributed by atoms with Crippen molar-refractivity contribution in [1.29, 1.82) is 10.5 Å². The third kappa shape index (κ3) is 5.26. The number of benzene rings is 2. The number of anilines is 1. The number of carbonyl (C=O) groups is 2. The molecule has 2 atom stereocenters. The maximum atomic E-state index is 12.6. The topological polar surface area (TPSA) is 138 Å². The summed E-state index contributed by atoms with van der Waals surface area (Å²) in [5, 5.41) is 31.2. The van der Waals surface area contributed by atoms with E-state index < -0.39 is 24.0 Å². The minimum Gasteiger partial charge on any atom is -0.391 e. The molecule has 0 aliphatic carbocycles. The van der Waals surface area contributed by atoms with E-state index in [1.54, 1.807) is 6.07 Å². The molecule has 2 rings (SSSR count). The van der Waals surface area contributed by atoms with E-state index in [-0.39, 0.29) is 10.6 Å². The van der Waals surface area contributed by atoms with Crippen LogP contribution >= 0.6 is 11.6 Å². The lowest BCUT2D eigenvalue weighted by Gasteiger charge is -2.24. The second-order valence-electron chi connectivity index (χ2n) is 6.41. The quantitative estimate of drug-likeness (QED) is 0.524. The molecule has 2 amide bonds. The molecule has 0 fully saturated rings. The number of hydrogen-bond donors (Lipinski definition) is 4. The van der Waals surface area contributed by atoms with E-state index in [1.165, 1.54) is 37.3 Å². The van der Waals surface area contributed by atoms with Crippen LogP contribution in [0, 0.1) is 22.7 Å². The van der Waals surface area contributed by atoms with Gasteiger partial charge < -0.3 is 10.4 Å². The molecule has 2 aromatic carbocycles. The number of aliphatic hydroxyl groups is 1. The molecular formula is C21H20ClN5O3. The summed E-state index contributed by atoms with van der Waals surface area (Å²) in [5.41, 5.74) is 6.65. The van der Waals surface area contributed by atoms with Gasteiger partial charge in [-0.25, -0.2) is 0 Å². The maximum absolute atomic E-state index is 12.6. The Morgan fingerprint density at radius 3 is 2.30 bits per heavy atom. The lowest BCUT2D eigenvalue weighted by atomic mass is 10.0. The van der Waals surface area contributed by atoms with Gasteiger partial charge >= 0.3 is 0 Å². The van der Waals surface area contributed by atoms with E-state index in [1.807, 2.05) is 19.1 Å². The van der Waals surface area contributed by atoms with Crippen molar-refractivity contribution in [3.8, 4) is 12.1 Å². The Morgan fingerprint density at radius 1 is 1.10 bits per heavy atom. The summed E-state index contributed by atoms with van der Waals surface area (Å²) < 4.78 is 0. The van der Waals surface area contributed by atoms with Gasteiger partial charge in [0, 0.05) is 11.3 Å². The van der Waals surface area contributed by atoms with Crippen molar-refractivity contribution in [3.63, 3.8) is 0 Å². The van der Waals surface area contributed by atoms with Gasteiger partial charge in [-0.1, -0.05) is 18.5 Å². The minimum atomic E-state index is -1.10. The summed E-state index contributed by atoms with van der Waals surface area (Å²) in [6.45, 7) is 3.28. The number of rotatable bonds is 6. The minimum absolute atomic E-state index is 0.253.